The van der Waals surface area contributed by atoms with Gasteiger partial charge < -0.3 is 15.3 Å². The number of aryl methyl sites for hydroxylation is 1. The number of amides is 2. The van der Waals surface area contributed by atoms with Gasteiger partial charge >= 0.3 is 0 Å². The highest BCUT2D eigenvalue weighted by atomic mass is 16.3. The number of hydrogen-bond donors (Lipinski definition) is 2. The van der Waals surface area contributed by atoms with Crippen molar-refractivity contribution in [2.45, 2.75) is 58.1 Å². The van der Waals surface area contributed by atoms with E-state index in [-0.39, 0.29) is 24.2 Å². The van der Waals surface area contributed by atoms with Gasteiger partial charge in [0.2, 0.25) is 11.8 Å². The molecule has 9 heteroatoms. The zero-order valence-electron chi connectivity index (χ0n) is 21.7. The van der Waals surface area contributed by atoms with Crippen LogP contribution in [0.1, 0.15) is 45.1 Å². The summed E-state index contributed by atoms with van der Waals surface area (Å²) in [6, 6.07) is 13.5. The molecule has 5 rings (SSSR count). The molecule has 2 fully saturated rings. The monoisotopic (exact) mass is 512 g/mol. The van der Waals surface area contributed by atoms with Gasteiger partial charge in [0, 0.05) is 42.8 Å². The lowest BCUT2D eigenvalue weighted by Crippen LogP contribution is -2.35. The van der Waals surface area contributed by atoms with Crippen molar-refractivity contribution in [3.8, 4) is 17.2 Å². The summed E-state index contributed by atoms with van der Waals surface area (Å²) in [5, 5.41) is 26.9. The van der Waals surface area contributed by atoms with E-state index in [2.05, 4.69) is 21.5 Å². The molecule has 2 aromatic heterocycles. The zero-order valence-corrected chi connectivity index (χ0v) is 21.7. The van der Waals surface area contributed by atoms with Gasteiger partial charge in [-0.15, -0.1) is 0 Å². The third kappa shape index (κ3) is 5.46. The Kier molecular flexibility index (Phi) is 6.76. The highest BCUT2D eigenvalue weighted by molar-refractivity contribution is 6.02. The number of nitrogens with one attached hydrogen (secondary N) is 1. The van der Waals surface area contributed by atoms with Crippen molar-refractivity contribution in [1.29, 1.82) is 5.26 Å². The second-order valence-corrected chi connectivity index (χ2v) is 10.9. The minimum atomic E-state index is -0.913. The summed E-state index contributed by atoms with van der Waals surface area (Å²) in [5.41, 5.74) is 1.71. The summed E-state index contributed by atoms with van der Waals surface area (Å²) in [5.74, 6) is 0.158. The van der Waals surface area contributed by atoms with Gasteiger partial charge in [-0.1, -0.05) is 24.3 Å². The molecule has 1 aromatic carbocycles. The molecule has 38 heavy (non-hydrogen) atoms. The predicted octanol–water partition coefficient (Wildman–Crippen LogP) is 3.94. The van der Waals surface area contributed by atoms with Crippen molar-refractivity contribution in [3.63, 3.8) is 0 Å². The SMILES string of the molecule is CC(C)(O)CCn1cc(-c2cccc(CC(=O)Nc3cc(N4CC[C@@](C#N)(C5CC5)C4=O)ccn3)c2)cn1. The van der Waals surface area contributed by atoms with Crippen LogP contribution in [0.2, 0.25) is 0 Å². The van der Waals surface area contributed by atoms with Gasteiger partial charge in [0.1, 0.15) is 11.2 Å². The second-order valence-electron chi connectivity index (χ2n) is 10.9. The number of nitriles is 1. The van der Waals surface area contributed by atoms with Crippen molar-refractivity contribution in [1.82, 2.24) is 14.8 Å². The third-order valence-electron chi connectivity index (χ3n) is 7.36. The summed E-state index contributed by atoms with van der Waals surface area (Å²) >= 11 is 0. The Bertz CT molecular complexity index is 1400. The molecule has 2 amide bonds. The number of benzene rings is 1. The Balaban J connectivity index is 1.22. The molecule has 0 spiro atoms. The first kappa shape index (κ1) is 25.6. The molecule has 0 unspecified atom stereocenters. The van der Waals surface area contributed by atoms with Crippen LogP contribution in [-0.2, 0) is 22.6 Å². The van der Waals surface area contributed by atoms with Crippen LogP contribution in [0.5, 0.6) is 0 Å². The second kappa shape index (κ2) is 10.0. The van der Waals surface area contributed by atoms with E-state index >= 15 is 0 Å². The third-order valence-corrected chi connectivity index (χ3v) is 7.36. The number of hydrogen-bond acceptors (Lipinski definition) is 6. The van der Waals surface area contributed by atoms with Gasteiger partial charge in [0.15, 0.2) is 0 Å². The molecular formula is C29H32N6O3. The smallest absolute Gasteiger partial charge is 0.247 e. The van der Waals surface area contributed by atoms with Crippen LogP contribution in [0, 0.1) is 22.7 Å². The summed E-state index contributed by atoms with van der Waals surface area (Å²) in [4.78, 5) is 31.9. The van der Waals surface area contributed by atoms with Gasteiger partial charge in [0.05, 0.1) is 24.3 Å². The molecular weight excluding hydrogens is 480 g/mol. The fraction of sp³-hybridized carbons (Fsp3) is 0.414. The van der Waals surface area contributed by atoms with Crippen LogP contribution in [0.3, 0.4) is 0 Å². The fourth-order valence-electron chi connectivity index (χ4n) is 5.05. The largest absolute Gasteiger partial charge is 0.390 e. The molecule has 196 valence electrons. The topological polar surface area (TPSA) is 124 Å². The summed E-state index contributed by atoms with van der Waals surface area (Å²) in [6.45, 7) is 4.65. The van der Waals surface area contributed by atoms with E-state index in [0.29, 0.717) is 37.4 Å². The normalized spacial score (nSPS) is 19.4. The van der Waals surface area contributed by atoms with E-state index in [1.165, 1.54) is 0 Å². The van der Waals surface area contributed by atoms with E-state index in [1.54, 1.807) is 43.3 Å². The van der Waals surface area contributed by atoms with E-state index in [0.717, 1.165) is 29.5 Å². The first-order valence-electron chi connectivity index (χ1n) is 13.0. The lowest BCUT2D eigenvalue weighted by molar-refractivity contribution is -0.123. The Hall–Kier alpha value is -4.03. The molecule has 1 atom stereocenters. The van der Waals surface area contributed by atoms with Gasteiger partial charge in [-0.2, -0.15) is 10.4 Å². The van der Waals surface area contributed by atoms with Crippen LogP contribution in [-0.4, -0.2) is 43.8 Å². The van der Waals surface area contributed by atoms with E-state index in [4.69, 9.17) is 0 Å². The first-order valence-corrected chi connectivity index (χ1v) is 13.0. The molecule has 0 bridgehead atoms. The first-order chi connectivity index (χ1) is 18.2. The van der Waals surface area contributed by atoms with Gasteiger partial charge in [-0.3, -0.25) is 14.3 Å². The molecule has 0 radical (unpaired) electrons. The van der Waals surface area contributed by atoms with Gasteiger partial charge in [-0.25, -0.2) is 4.98 Å². The van der Waals surface area contributed by atoms with Crippen LogP contribution < -0.4 is 10.2 Å². The summed E-state index contributed by atoms with van der Waals surface area (Å²) in [7, 11) is 0. The predicted molar refractivity (Wildman–Crippen MR) is 143 cm³/mol. The molecule has 1 saturated carbocycles. The van der Waals surface area contributed by atoms with Crippen molar-refractivity contribution in [2.75, 3.05) is 16.8 Å². The minimum Gasteiger partial charge on any atom is -0.390 e. The number of carbonyl (C=O) groups is 2. The summed E-state index contributed by atoms with van der Waals surface area (Å²) < 4.78 is 1.81. The number of aliphatic hydroxyl groups is 1. The Labute approximate surface area is 222 Å². The Morgan fingerprint density at radius 1 is 1.26 bits per heavy atom. The standard InChI is InChI=1S/C29H32N6O3/c1-28(2,38)9-12-34-18-22(17-32-34)21-5-3-4-20(14-21)15-26(36)33-25-16-24(8-11-31-25)35-13-10-29(19-30,27(35)37)23-6-7-23/h3-5,8,11,14,16-18,23,38H,6-7,9-10,12-13,15H2,1-2H3,(H,31,33,36)/t29-/m1/s1. The number of aromatic nitrogens is 3. The average molecular weight is 513 g/mol. The number of carbonyl (C=O) groups excluding carboxylic acids is 2. The van der Waals surface area contributed by atoms with Crippen LogP contribution >= 0.6 is 0 Å². The lowest BCUT2D eigenvalue weighted by Gasteiger charge is -2.21. The maximum Gasteiger partial charge on any atom is 0.247 e. The molecule has 1 aliphatic heterocycles. The quantitative estimate of drug-likeness (QED) is 0.447. The van der Waals surface area contributed by atoms with Crippen molar-refractivity contribution in [2.24, 2.45) is 11.3 Å². The molecule has 3 aromatic rings. The lowest BCUT2D eigenvalue weighted by atomic mass is 9.83. The molecule has 1 saturated heterocycles. The Morgan fingerprint density at radius 2 is 2.08 bits per heavy atom. The average Bonchev–Trinajstić information content (AvgIpc) is 3.52. The van der Waals surface area contributed by atoms with Crippen molar-refractivity contribution >= 4 is 23.3 Å². The molecule has 2 N–H and O–H groups in total. The minimum absolute atomic E-state index is 0.147. The van der Waals surface area contributed by atoms with Crippen LogP contribution in [0.15, 0.2) is 55.0 Å². The van der Waals surface area contributed by atoms with Crippen LogP contribution in [0.4, 0.5) is 11.5 Å². The van der Waals surface area contributed by atoms with Gasteiger partial charge in [0.25, 0.3) is 0 Å². The van der Waals surface area contributed by atoms with Crippen molar-refractivity contribution < 1.29 is 14.7 Å². The number of rotatable bonds is 9. The van der Waals surface area contributed by atoms with E-state index in [9.17, 15) is 20.0 Å². The number of anilines is 2. The molecule has 9 nitrogen and oxygen atoms in total. The number of pyridine rings is 1. The van der Waals surface area contributed by atoms with E-state index < -0.39 is 11.0 Å². The van der Waals surface area contributed by atoms with E-state index in [1.807, 2.05) is 35.1 Å². The highest BCUT2D eigenvalue weighted by Gasteiger charge is 2.56. The molecule has 2 aliphatic rings. The highest BCUT2D eigenvalue weighted by Crippen LogP contribution is 2.51. The van der Waals surface area contributed by atoms with Crippen molar-refractivity contribution in [3.05, 3.63) is 60.6 Å². The maximum absolute atomic E-state index is 13.1. The van der Waals surface area contributed by atoms with Crippen LogP contribution in [0.25, 0.3) is 11.1 Å². The molecule has 1 aliphatic carbocycles. The zero-order chi connectivity index (χ0) is 26.9. The maximum atomic E-state index is 13.1. The fourth-order valence-corrected chi connectivity index (χ4v) is 5.05. The molecule has 3 heterocycles. The summed E-state index contributed by atoms with van der Waals surface area (Å²) in [6.07, 6.45) is 8.42. The van der Waals surface area contributed by atoms with Gasteiger partial charge in [-0.05, 0) is 62.6 Å². The number of nitrogens with zero attached hydrogens (tertiary/aromatic N) is 5. The Morgan fingerprint density at radius 3 is 2.82 bits per heavy atom.